The van der Waals surface area contributed by atoms with Gasteiger partial charge in [0.15, 0.2) is 0 Å². The van der Waals surface area contributed by atoms with Crippen LogP contribution < -0.4 is 16.0 Å². The summed E-state index contributed by atoms with van der Waals surface area (Å²) in [7, 11) is 1.96. The SMILES string of the molecule is CCCC1CCCC2(CCC(=C(N)c3ccnc(N(CCC)CCCNC(C)(C)C)n3)C2=NC)C1. The Balaban J connectivity index is 1.80. The molecule has 196 valence electrons. The third kappa shape index (κ3) is 7.05. The first-order valence-electron chi connectivity index (χ1n) is 14.0. The molecule has 0 aliphatic heterocycles. The van der Waals surface area contributed by atoms with E-state index in [1.165, 1.54) is 56.2 Å². The lowest BCUT2D eigenvalue weighted by Crippen LogP contribution is -2.38. The fraction of sp³-hybridized carbons (Fsp3) is 0.759. The number of hydrogen-bond donors (Lipinski definition) is 2. The van der Waals surface area contributed by atoms with E-state index in [-0.39, 0.29) is 11.0 Å². The number of aliphatic imine (C=N–C) groups is 1. The first-order chi connectivity index (χ1) is 16.7. The van der Waals surface area contributed by atoms with Gasteiger partial charge < -0.3 is 16.0 Å². The maximum atomic E-state index is 6.84. The number of nitrogens with one attached hydrogen (secondary N) is 1. The number of aromatic nitrogens is 2. The van der Waals surface area contributed by atoms with Gasteiger partial charge in [-0.3, -0.25) is 4.99 Å². The highest BCUT2D eigenvalue weighted by Gasteiger charge is 2.46. The van der Waals surface area contributed by atoms with Gasteiger partial charge in [0.1, 0.15) is 0 Å². The number of allylic oxidation sites excluding steroid dienone is 1. The molecule has 2 aliphatic rings. The second-order valence-electron chi connectivity index (χ2n) is 11.8. The fourth-order valence-electron chi connectivity index (χ4n) is 6.26. The number of anilines is 1. The minimum atomic E-state index is 0.138. The Morgan fingerprint density at radius 2 is 2.03 bits per heavy atom. The average Bonchev–Trinajstić information content (AvgIpc) is 3.17. The second-order valence-corrected chi connectivity index (χ2v) is 11.8. The predicted molar refractivity (Wildman–Crippen MR) is 150 cm³/mol. The van der Waals surface area contributed by atoms with E-state index >= 15 is 0 Å². The number of nitrogens with two attached hydrogens (primary N) is 1. The van der Waals surface area contributed by atoms with E-state index < -0.39 is 0 Å². The molecule has 1 spiro atoms. The van der Waals surface area contributed by atoms with E-state index in [4.69, 9.17) is 15.7 Å². The molecule has 0 amide bonds. The number of hydrogen-bond acceptors (Lipinski definition) is 6. The Morgan fingerprint density at radius 3 is 2.71 bits per heavy atom. The van der Waals surface area contributed by atoms with E-state index in [9.17, 15) is 0 Å². The topological polar surface area (TPSA) is 79.4 Å². The summed E-state index contributed by atoms with van der Waals surface area (Å²) in [5.41, 5.74) is 11.3. The minimum Gasteiger partial charge on any atom is -0.397 e. The zero-order valence-corrected chi connectivity index (χ0v) is 23.3. The lowest BCUT2D eigenvalue weighted by Gasteiger charge is -2.38. The maximum absolute atomic E-state index is 6.84. The standard InChI is InChI=1S/C29H50N6/c1-7-11-22-12-9-15-29(21-22)16-13-23(26(29)31-6)25(30)24-14-18-32-27(34-24)35(19-8-2)20-10-17-33-28(3,4)5/h14,18,22,33H,7-13,15-17,19-21,30H2,1-6H3. The summed E-state index contributed by atoms with van der Waals surface area (Å²) in [5.74, 6) is 1.61. The van der Waals surface area contributed by atoms with Crippen LogP contribution in [0.1, 0.15) is 105 Å². The van der Waals surface area contributed by atoms with Crippen LogP contribution in [0.2, 0.25) is 0 Å². The van der Waals surface area contributed by atoms with Crippen LogP contribution in [-0.2, 0) is 0 Å². The van der Waals surface area contributed by atoms with Crippen molar-refractivity contribution in [3.8, 4) is 0 Å². The van der Waals surface area contributed by atoms with Gasteiger partial charge in [-0.1, -0.05) is 39.5 Å². The van der Waals surface area contributed by atoms with Crippen LogP contribution in [0.4, 0.5) is 5.95 Å². The molecule has 1 aromatic rings. The van der Waals surface area contributed by atoms with Crippen LogP contribution >= 0.6 is 0 Å². The largest absolute Gasteiger partial charge is 0.397 e. The Labute approximate surface area is 214 Å². The van der Waals surface area contributed by atoms with Crippen molar-refractivity contribution in [1.82, 2.24) is 15.3 Å². The summed E-state index contributed by atoms with van der Waals surface area (Å²) in [4.78, 5) is 16.8. The van der Waals surface area contributed by atoms with E-state index in [1.807, 2.05) is 19.3 Å². The highest BCUT2D eigenvalue weighted by atomic mass is 15.2. The monoisotopic (exact) mass is 482 g/mol. The molecule has 2 atom stereocenters. The molecule has 2 aliphatic carbocycles. The van der Waals surface area contributed by atoms with Crippen molar-refractivity contribution in [3.63, 3.8) is 0 Å². The van der Waals surface area contributed by atoms with Gasteiger partial charge in [0, 0.05) is 43.0 Å². The molecule has 1 heterocycles. The molecule has 3 rings (SSSR count). The Kier molecular flexibility index (Phi) is 9.74. The van der Waals surface area contributed by atoms with Gasteiger partial charge in [-0.05, 0) is 83.4 Å². The molecule has 2 unspecified atom stereocenters. The van der Waals surface area contributed by atoms with Gasteiger partial charge in [0.2, 0.25) is 5.95 Å². The van der Waals surface area contributed by atoms with Gasteiger partial charge in [0.05, 0.1) is 11.4 Å². The first kappa shape index (κ1) is 27.6. The lowest BCUT2D eigenvalue weighted by molar-refractivity contribution is 0.201. The van der Waals surface area contributed by atoms with Crippen molar-refractivity contribution < 1.29 is 0 Å². The van der Waals surface area contributed by atoms with E-state index in [0.29, 0.717) is 0 Å². The molecule has 0 radical (unpaired) electrons. The second kappa shape index (κ2) is 12.3. The molecule has 6 heteroatoms. The van der Waals surface area contributed by atoms with E-state index in [1.54, 1.807) is 0 Å². The third-order valence-corrected chi connectivity index (χ3v) is 7.79. The highest BCUT2D eigenvalue weighted by Crippen LogP contribution is 2.52. The smallest absolute Gasteiger partial charge is 0.225 e. The maximum Gasteiger partial charge on any atom is 0.225 e. The summed E-state index contributed by atoms with van der Waals surface area (Å²) in [5, 5.41) is 3.58. The van der Waals surface area contributed by atoms with Crippen molar-refractivity contribution in [2.24, 2.45) is 22.1 Å². The molecule has 1 aromatic heterocycles. The molecule has 0 bridgehead atoms. The van der Waals surface area contributed by atoms with Gasteiger partial charge in [0.25, 0.3) is 0 Å². The molecule has 0 aromatic carbocycles. The van der Waals surface area contributed by atoms with Crippen molar-refractivity contribution in [3.05, 3.63) is 23.5 Å². The molecule has 2 fully saturated rings. The van der Waals surface area contributed by atoms with Crippen LogP contribution in [0.25, 0.3) is 5.70 Å². The van der Waals surface area contributed by atoms with E-state index in [2.05, 4.69) is 49.8 Å². The van der Waals surface area contributed by atoms with E-state index in [0.717, 1.165) is 62.2 Å². The summed E-state index contributed by atoms with van der Waals surface area (Å²) in [6, 6.07) is 1.97. The van der Waals surface area contributed by atoms with Crippen molar-refractivity contribution >= 4 is 17.4 Å². The Bertz CT molecular complexity index is 881. The predicted octanol–water partition coefficient (Wildman–Crippen LogP) is 5.98. The number of rotatable bonds is 10. The van der Waals surface area contributed by atoms with Crippen molar-refractivity contribution in [2.45, 2.75) is 104 Å². The molecule has 35 heavy (non-hydrogen) atoms. The highest BCUT2D eigenvalue weighted by molar-refractivity contribution is 6.11. The molecular formula is C29H50N6. The van der Waals surface area contributed by atoms with Crippen molar-refractivity contribution in [2.75, 3.05) is 31.6 Å². The summed E-state index contributed by atoms with van der Waals surface area (Å²) < 4.78 is 0. The minimum absolute atomic E-state index is 0.138. The fourth-order valence-corrected chi connectivity index (χ4v) is 6.26. The zero-order chi connectivity index (χ0) is 25.5. The first-order valence-corrected chi connectivity index (χ1v) is 14.0. The molecular weight excluding hydrogens is 432 g/mol. The molecule has 0 saturated heterocycles. The Morgan fingerprint density at radius 1 is 1.23 bits per heavy atom. The Hall–Kier alpha value is -1.95. The molecule has 2 saturated carbocycles. The summed E-state index contributed by atoms with van der Waals surface area (Å²) in [6.07, 6.45) is 14.0. The van der Waals surface area contributed by atoms with Crippen LogP contribution in [0.5, 0.6) is 0 Å². The molecule has 3 N–H and O–H groups in total. The van der Waals surface area contributed by atoms with Crippen LogP contribution in [-0.4, -0.2) is 47.9 Å². The summed E-state index contributed by atoms with van der Waals surface area (Å²) >= 11 is 0. The van der Waals surface area contributed by atoms with Crippen LogP contribution in [0.3, 0.4) is 0 Å². The number of nitrogens with zero attached hydrogens (tertiary/aromatic N) is 4. The van der Waals surface area contributed by atoms with Gasteiger partial charge in [-0.15, -0.1) is 0 Å². The van der Waals surface area contributed by atoms with Gasteiger partial charge in [-0.25, -0.2) is 9.97 Å². The van der Waals surface area contributed by atoms with Gasteiger partial charge >= 0.3 is 0 Å². The zero-order valence-electron chi connectivity index (χ0n) is 23.3. The third-order valence-electron chi connectivity index (χ3n) is 7.79. The summed E-state index contributed by atoms with van der Waals surface area (Å²) in [6.45, 7) is 14.0. The molecule has 6 nitrogen and oxygen atoms in total. The van der Waals surface area contributed by atoms with Crippen molar-refractivity contribution in [1.29, 1.82) is 0 Å². The van der Waals surface area contributed by atoms with Gasteiger partial charge in [-0.2, -0.15) is 0 Å². The van der Waals surface area contributed by atoms with Crippen LogP contribution in [0, 0.1) is 11.3 Å². The quantitative estimate of drug-likeness (QED) is 0.401. The van der Waals surface area contributed by atoms with Crippen LogP contribution in [0.15, 0.2) is 22.8 Å². The lowest BCUT2D eigenvalue weighted by atomic mass is 9.66. The average molecular weight is 483 g/mol. The normalized spacial score (nSPS) is 25.4.